The molecule has 0 radical (unpaired) electrons. The third-order valence-corrected chi connectivity index (χ3v) is 3.68. The topological polar surface area (TPSA) is 46.2 Å². The Balaban J connectivity index is 3.36. The number of nitrogens with two attached hydrogens (primary N) is 1. The van der Waals surface area contributed by atoms with E-state index in [-0.39, 0.29) is 11.8 Å². The van der Waals surface area contributed by atoms with Crippen LogP contribution >= 0.6 is 11.6 Å². The van der Waals surface area contributed by atoms with Crippen LogP contribution < -0.4 is 5.73 Å². The van der Waals surface area contributed by atoms with Gasteiger partial charge in [-0.3, -0.25) is 0 Å². The van der Waals surface area contributed by atoms with Crippen molar-refractivity contribution in [3.05, 3.63) is 27.8 Å². The van der Waals surface area contributed by atoms with E-state index in [9.17, 15) is 5.11 Å². The lowest BCUT2D eigenvalue weighted by molar-refractivity contribution is 0.450. The Kier molecular flexibility index (Phi) is 4.84. The second-order valence-electron chi connectivity index (χ2n) is 4.97. The van der Waals surface area contributed by atoms with Crippen molar-refractivity contribution in [1.29, 1.82) is 0 Å². The predicted octanol–water partition coefficient (Wildman–Crippen LogP) is 3.93. The molecule has 1 aromatic rings. The molecular formula is C14H22ClNO. The van der Waals surface area contributed by atoms with Crippen LogP contribution in [0.1, 0.15) is 55.7 Å². The van der Waals surface area contributed by atoms with E-state index >= 15 is 0 Å². The molecule has 1 rings (SSSR count). The fourth-order valence-corrected chi connectivity index (χ4v) is 2.43. The van der Waals surface area contributed by atoms with Crippen molar-refractivity contribution in [2.24, 2.45) is 5.73 Å². The molecule has 0 spiro atoms. The van der Waals surface area contributed by atoms with Crippen LogP contribution in [0.5, 0.6) is 5.75 Å². The van der Waals surface area contributed by atoms with E-state index in [4.69, 9.17) is 17.3 Å². The Morgan fingerprint density at radius 2 is 1.94 bits per heavy atom. The molecule has 0 aliphatic rings. The number of phenols is 1. The van der Waals surface area contributed by atoms with Crippen LogP contribution in [-0.4, -0.2) is 11.7 Å². The molecule has 0 bridgehead atoms. The van der Waals surface area contributed by atoms with Gasteiger partial charge in [0.05, 0.1) is 0 Å². The molecule has 0 amide bonds. The first-order valence-corrected chi connectivity index (χ1v) is 6.49. The maximum atomic E-state index is 10.4. The Bertz CT molecular complexity index is 402. The lowest BCUT2D eigenvalue weighted by Gasteiger charge is -2.21. The minimum Gasteiger partial charge on any atom is -0.507 e. The minimum absolute atomic E-state index is 0.233. The second kappa shape index (κ2) is 5.74. The van der Waals surface area contributed by atoms with E-state index in [1.54, 1.807) is 0 Å². The molecule has 0 fully saturated rings. The summed E-state index contributed by atoms with van der Waals surface area (Å²) < 4.78 is 0. The maximum Gasteiger partial charge on any atom is 0.122 e. The van der Waals surface area contributed by atoms with Gasteiger partial charge in [0, 0.05) is 10.6 Å². The number of aromatic hydroxyl groups is 1. The summed E-state index contributed by atoms with van der Waals surface area (Å²) in [5.74, 6) is 0.885. The second-order valence-corrected chi connectivity index (χ2v) is 5.38. The lowest BCUT2D eigenvalue weighted by atomic mass is 9.88. The number of halogens is 1. The van der Waals surface area contributed by atoms with Crippen LogP contribution in [0.25, 0.3) is 0 Å². The van der Waals surface area contributed by atoms with Gasteiger partial charge in [0.1, 0.15) is 5.75 Å². The van der Waals surface area contributed by atoms with Crippen molar-refractivity contribution in [2.75, 3.05) is 6.54 Å². The molecule has 0 saturated heterocycles. The monoisotopic (exact) mass is 255 g/mol. The van der Waals surface area contributed by atoms with E-state index in [0.29, 0.717) is 12.3 Å². The van der Waals surface area contributed by atoms with Gasteiger partial charge in [-0.2, -0.15) is 0 Å². The summed E-state index contributed by atoms with van der Waals surface area (Å²) in [6.45, 7) is 8.75. The van der Waals surface area contributed by atoms with E-state index in [0.717, 1.165) is 28.1 Å². The average molecular weight is 256 g/mol. The first kappa shape index (κ1) is 14.3. The molecule has 1 aromatic carbocycles. The first-order chi connectivity index (χ1) is 7.90. The molecule has 0 saturated carbocycles. The van der Waals surface area contributed by atoms with E-state index in [2.05, 4.69) is 20.8 Å². The fraction of sp³-hybridized carbons (Fsp3) is 0.571. The SMILES string of the molecule is Cc1c(Cl)cc(C(C)C)c(O)c1C(C)CCN. The zero-order chi connectivity index (χ0) is 13.2. The van der Waals surface area contributed by atoms with Gasteiger partial charge in [0.25, 0.3) is 0 Å². The molecule has 3 heteroatoms. The van der Waals surface area contributed by atoms with Crippen molar-refractivity contribution >= 4 is 11.6 Å². The zero-order valence-corrected chi connectivity index (χ0v) is 11.8. The van der Waals surface area contributed by atoms with Crippen molar-refractivity contribution in [2.45, 2.75) is 46.0 Å². The van der Waals surface area contributed by atoms with Gasteiger partial charge in [-0.1, -0.05) is 32.4 Å². The van der Waals surface area contributed by atoms with Crippen LogP contribution in [0.2, 0.25) is 5.02 Å². The number of benzene rings is 1. The van der Waals surface area contributed by atoms with Crippen LogP contribution in [0.15, 0.2) is 6.07 Å². The normalized spacial score (nSPS) is 13.1. The third kappa shape index (κ3) is 2.93. The van der Waals surface area contributed by atoms with E-state index in [1.807, 2.05) is 13.0 Å². The number of hydrogen-bond acceptors (Lipinski definition) is 2. The summed E-state index contributed by atoms with van der Waals surface area (Å²) >= 11 is 6.24. The summed E-state index contributed by atoms with van der Waals surface area (Å²) in [5.41, 5.74) is 8.42. The molecule has 1 atom stereocenters. The maximum absolute atomic E-state index is 10.4. The zero-order valence-electron chi connectivity index (χ0n) is 11.0. The van der Waals surface area contributed by atoms with E-state index < -0.39 is 0 Å². The first-order valence-electron chi connectivity index (χ1n) is 6.12. The third-order valence-electron chi connectivity index (χ3n) is 3.29. The van der Waals surface area contributed by atoms with Gasteiger partial charge < -0.3 is 10.8 Å². The van der Waals surface area contributed by atoms with Crippen LogP contribution in [-0.2, 0) is 0 Å². The van der Waals surface area contributed by atoms with E-state index in [1.165, 1.54) is 0 Å². The van der Waals surface area contributed by atoms with Crippen LogP contribution in [0.3, 0.4) is 0 Å². The summed E-state index contributed by atoms with van der Waals surface area (Å²) in [6.07, 6.45) is 0.853. The van der Waals surface area contributed by atoms with Gasteiger partial charge in [-0.15, -0.1) is 0 Å². The molecule has 96 valence electrons. The largest absolute Gasteiger partial charge is 0.507 e. The summed E-state index contributed by atoms with van der Waals surface area (Å²) in [7, 11) is 0. The summed E-state index contributed by atoms with van der Waals surface area (Å²) in [4.78, 5) is 0. The predicted molar refractivity (Wildman–Crippen MR) is 74.0 cm³/mol. The Labute approximate surface area is 109 Å². The van der Waals surface area contributed by atoms with Gasteiger partial charge in [-0.25, -0.2) is 0 Å². The fourth-order valence-electron chi connectivity index (χ4n) is 2.21. The Morgan fingerprint density at radius 3 is 2.41 bits per heavy atom. The van der Waals surface area contributed by atoms with Crippen LogP contribution in [0, 0.1) is 6.92 Å². The Hall–Kier alpha value is -0.730. The smallest absolute Gasteiger partial charge is 0.122 e. The number of rotatable bonds is 4. The summed E-state index contributed by atoms with van der Waals surface area (Å²) in [5, 5.41) is 11.1. The molecule has 3 N–H and O–H groups in total. The van der Waals surface area contributed by atoms with Gasteiger partial charge in [0.2, 0.25) is 0 Å². The van der Waals surface area contributed by atoms with Crippen molar-refractivity contribution in [3.63, 3.8) is 0 Å². The highest BCUT2D eigenvalue weighted by Crippen LogP contribution is 2.40. The van der Waals surface area contributed by atoms with Gasteiger partial charge in [-0.05, 0) is 48.9 Å². The average Bonchev–Trinajstić information content (AvgIpc) is 2.23. The van der Waals surface area contributed by atoms with Gasteiger partial charge >= 0.3 is 0 Å². The number of phenolic OH excluding ortho intramolecular Hbond substituents is 1. The highest BCUT2D eigenvalue weighted by Gasteiger charge is 2.19. The molecule has 0 heterocycles. The molecular weight excluding hydrogens is 234 g/mol. The van der Waals surface area contributed by atoms with Crippen molar-refractivity contribution in [1.82, 2.24) is 0 Å². The van der Waals surface area contributed by atoms with Gasteiger partial charge in [0.15, 0.2) is 0 Å². The highest BCUT2D eigenvalue weighted by atomic mass is 35.5. The molecule has 0 aromatic heterocycles. The highest BCUT2D eigenvalue weighted by molar-refractivity contribution is 6.31. The van der Waals surface area contributed by atoms with Crippen molar-refractivity contribution in [3.8, 4) is 5.75 Å². The van der Waals surface area contributed by atoms with Crippen LogP contribution in [0.4, 0.5) is 0 Å². The molecule has 0 aliphatic heterocycles. The molecule has 1 unspecified atom stereocenters. The standard InChI is InChI=1S/C14H22ClNO/c1-8(2)11-7-12(15)10(4)13(14(11)17)9(3)5-6-16/h7-9,17H,5-6,16H2,1-4H3. The number of hydrogen-bond donors (Lipinski definition) is 2. The molecule has 17 heavy (non-hydrogen) atoms. The molecule has 2 nitrogen and oxygen atoms in total. The molecule has 0 aliphatic carbocycles. The van der Waals surface area contributed by atoms with Crippen molar-refractivity contribution < 1.29 is 5.11 Å². The lowest BCUT2D eigenvalue weighted by Crippen LogP contribution is -2.07. The Morgan fingerprint density at radius 1 is 1.35 bits per heavy atom. The summed E-state index contributed by atoms with van der Waals surface area (Å²) in [6, 6.07) is 1.87. The quantitative estimate of drug-likeness (QED) is 0.856. The minimum atomic E-state index is 0.233.